The fraction of sp³-hybridized carbons (Fsp3) is 0.353. The van der Waals surface area contributed by atoms with E-state index in [4.69, 9.17) is 4.52 Å². The Labute approximate surface area is 140 Å². The van der Waals surface area contributed by atoms with Crippen LogP contribution in [0.2, 0.25) is 0 Å². The lowest BCUT2D eigenvalue weighted by molar-refractivity contribution is -0.117. The molecule has 0 saturated carbocycles. The molecule has 7 heteroatoms. The molecule has 0 bridgehead atoms. The molecule has 1 aromatic carbocycles. The molecule has 0 spiro atoms. The predicted molar refractivity (Wildman–Crippen MR) is 88.7 cm³/mol. The zero-order valence-electron chi connectivity index (χ0n) is 13.6. The average Bonchev–Trinajstić information content (AvgIpc) is 3.00. The number of nitrogens with one attached hydrogen (secondary N) is 1. The fourth-order valence-electron chi connectivity index (χ4n) is 2.68. The summed E-state index contributed by atoms with van der Waals surface area (Å²) in [5.41, 5.74) is 0.699. The second-order valence-corrected chi connectivity index (χ2v) is 5.81. The fourth-order valence-corrected chi connectivity index (χ4v) is 2.68. The van der Waals surface area contributed by atoms with Crippen molar-refractivity contribution in [2.75, 3.05) is 38.0 Å². The van der Waals surface area contributed by atoms with E-state index in [1.54, 1.807) is 13.0 Å². The number of nitrogens with zero attached hydrogens (tertiary/aromatic N) is 3. The minimum Gasteiger partial charge on any atom is -0.360 e. The quantitative estimate of drug-likeness (QED) is 0.917. The van der Waals surface area contributed by atoms with Crippen LogP contribution in [0.3, 0.4) is 0 Å². The first kappa shape index (κ1) is 16.2. The average molecular weight is 328 g/mol. The van der Waals surface area contributed by atoms with Gasteiger partial charge in [-0.2, -0.15) is 0 Å². The largest absolute Gasteiger partial charge is 0.360 e. The number of hydrogen-bond donors (Lipinski definition) is 1. The molecule has 1 aromatic heterocycles. The van der Waals surface area contributed by atoms with Crippen LogP contribution in [0.1, 0.15) is 16.1 Å². The monoisotopic (exact) mass is 328 g/mol. The van der Waals surface area contributed by atoms with Gasteiger partial charge in [0.2, 0.25) is 5.91 Å². The highest BCUT2D eigenvalue weighted by Gasteiger charge is 2.23. The number of aryl methyl sites for hydroxylation is 1. The summed E-state index contributed by atoms with van der Waals surface area (Å²) in [4.78, 5) is 28.2. The maximum absolute atomic E-state index is 12.4. The SMILES string of the molecule is Cc1cc(NC(=O)CN2CCN(C(=O)c3ccccc3)CC2)no1. The third-order valence-electron chi connectivity index (χ3n) is 3.94. The molecule has 2 heterocycles. The van der Waals surface area contributed by atoms with Gasteiger partial charge in [0.15, 0.2) is 5.82 Å². The highest BCUT2D eigenvalue weighted by Crippen LogP contribution is 2.10. The zero-order valence-corrected chi connectivity index (χ0v) is 13.6. The third kappa shape index (κ3) is 3.99. The maximum atomic E-state index is 12.4. The molecule has 2 aromatic rings. The molecule has 126 valence electrons. The lowest BCUT2D eigenvalue weighted by atomic mass is 10.2. The maximum Gasteiger partial charge on any atom is 0.253 e. The summed E-state index contributed by atoms with van der Waals surface area (Å²) in [6.45, 7) is 4.62. The number of aromatic nitrogens is 1. The normalized spacial score (nSPS) is 15.3. The highest BCUT2D eigenvalue weighted by molar-refractivity contribution is 5.94. The van der Waals surface area contributed by atoms with Gasteiger partial charge in [0.1, 0.15) is 5.76 Å². The Morgan fingerprint density at radius 1 is 1.17 bits per heavy atom. The summed E-state index contributed by atoms with van der Waals surface area (Å²) >= 11 is 0. The summed E-state index contributed by atoms with van der Waals surface area (Å²) in [6.07, 6.45) is 0. The second kappa shape index (κ2) is 7.27. The van der Waals surface area contributed by atoms with Crippen LogP contribution in [0.15, 0.2) is 40.9 Å². The van der Waals surface area contributed by atoms with E-state index >= 15 is 0 Å². The van der Waals surface area contributed by atoms with Crippen molar-refractivity contribution in [1.82, 2.24) is 15.0 Å². The second-order valence-electron chi connectivity index (χ2n) is 5.81. The molecular formula is C17H20N4O3. The van der Waals surface area contributed by atoms with E-state index in [0.29, 0.717) is 43.3 Å². The van der Waals surface area contributed by atoms with Gasteiger partial charge in [-0.05, 0) is 19.1 Å². The van der Waals surface area contributed by atoms with Crippen molar-refractivity contribution in [2.24, 2.45) is 0 Å². The van der Waals surface area contributed by atoms with Gasteiger partial charge >= 0.3 is 0 Å². The molecule has 0 atom stereocenters. The van der Waals surface area contributed by atoms with Crippen molar-refractivity contribution in [3.8, 4) is 0 Å². The van der Waals surface area contributed by atoms with Gasteiger partial charge < -0.3 is 14.7 Å². The summed E-state index contributed by atoms with van der Waals surface area (Å²) in [5, 5.41) is 6.44. The first-order chi connectivity index (χ1) is 11.6. The number of amides is 2. The molecule has 1 saturated heterocycles. The van der Waals surface area contributed by atoms with Gasteiger partial charge in [-0.3, -0.25) is 14.5 Å². The van der Waals surface area contributed by atoms with E-state index in [2.05, 4.69) is 10.5 Å². The molecule has 1 aliphatic rings. The van der Waals surface area contributed by atoms with E-state index in [0.717, 1.165) is 0 Å². The Hall–Kier alpha value is -2.67. The van der Waals surface area contributed by atoms with Crippen molar-refractivity contribution in [3.63, 3.8) is 0 Å². The Morgan fingerprint density at radius 3 is 2.50 bits per heavy atom. The van der Waals surface area contributed by atoms with Crippen LogP contribution in [0.4, 0.5) is 5.82 Å². The number of carbonyl (C=O) groups excluding carboxylic acids is 2. The van der Waals surface area contributed by atoms with Crippen molar-refractivity contribution in [3.05, 3.63) is 47.7 Å². The minimum atomic E-state index is -0.133. The Kier molecular flexibility index (Phi) is 4.90. The van der Waals surface area contributed by atoms with Gasteiger partial charge in [0.05, 0.1) is 6.54 Å². The lowest BCUT2D eigenvalue weighted by Gasteiger charge is -2.34. The molecule has 24 heavy (non-hydrogen) atoms. The number of carbonyl (C=O) groups is 2. The zero-order chi connectivity index (χ0) is 16.9. The molecule has 1 fully saturated rings. The molecule has 1 N–H and O–H groups in total. The molecule has 2 amide bonds. The summed E-state index contributed by atoms with van der Waals surface area (Å²) in [7, 11) is 0. The smallest absolute Gasteiger partial charge is 0.253 e. The van der Waals surface area contributed by atoms with Gasteiger partial charge in [-0.25, -0.2) is 0 Å². The van der Waals surface area contributed by atoms with Crippen LogP contribution >= 0.6 is 0 Å². The van der Waals surface area contributed by atoms with E-state index in [-0.39, 0.29) is 18.4 Å². The summed E-state index contributed by atoms with van der Waals surface area (Å²) in [6, 6.07) is 10.9. The Bertz CT molecular complexity index is 706. The molecule has 0 radical (unpaired) electrons. The molecule has 1 aliphatic heterocycles. The van der Waals surface area contributed by atoms with Crippen LogP contribution in [0, 0.1) is 6.92 Å². The van der Waals surface area contributed by atoms with Crippen LogP contribution in [-0.2, 0) is 4.79 Å². The standard InChI is InChI=1S/C17H20N4O3/c1-13-11-15(19-24-13)18-16(22)12-20-7-9-21(10-8-20)17(23)14-5-3-2-4-6-14/h2-6,11H,7-10,12H2,1H3,(H,18,19,22). The van der Waals surface area contributed by atoms with Crippen LogP contribution < -0.4 is 5.32 Å². The first-order valence-electron chi connectivity index (χ1n) is 7.91. The Balaban J connectivity index is 1.46. The van der Waals surface area contributed by atoms with Crippen LogP contribution in [0.5, 0.6) is 0 Å². The predicted octanol–water partition coefficient (Wildman–Crippen LogP) is 1.38. The van der Waals surface area contributed by atoms with Gasteiger partial charge in [0.25, 0.3) is 5.91 Å². The van der Waals surface area contributed by atoms with Gasteiger partial charge in [-0.1, -0.05) is 23.4 Å². The number of piperazine rings is 1. The topological polar surface area (TPSA) is 78.7 Å². The van der Waals surface area contributed by atoms with Crippen molar-refractivity contribution >= 4 is 17.6 Å². The molecule has 7 nitrogen and oxygen atoms in total. The number of benzene rings is 1. The molecule has 0 aliphatic carbocycles. The van der Waals surface area contributed by atoms with Crippen LogP contribution in [-0.4, -0.2) is 59.5 Å². The number of rotatable bonds is 4. The number of hydrogen-bond acceptors (Lipinski definition) is 5. The summed E-state index contributed by atoms with van der Waals surface area (Å²) in [5.74, 6) is 0.984. The van der Waals surface area contributed by atoms with Gasteiger partial charge in [0, 0.05) is 37.8 Å². The first-order valence-corrected chi connectivity index (χ1v) is 7.91. The summed E-state index contributed by atoms with van der Waals surface area (Å²) < 4.78 is 4.92. The molecule has 3 rings (SSSR count). The van der Waals surface area contributed by atoms with E-state index in [1.165, 1.54) is 0 Å². The van der Waals surface area contributed by atoms with E-state index < -0.39 is 0 Å². The molecule has 0 unspecified atom stereocenters. The Morgan fingerprint density at radius 2 is 1.88 bits per heavy atom. The minimum absolute atomic E-state index is 0.0396. The van der Waals surface area contributed by atoms with Crippen molar-refractivity contribution in [2.45, 2.75) is 6.92 Å². The molecular weight excluding hydrogens is 308 g/mol. The van der Waals surface area contributed by atoms with Crippen molar-refractivity contribution < 1.29 is 14.1 Å². The number of anilines is 1. The van der Waals surface area contributed by atoms with Crippen molar-refractivity contribution in [1.29, 1.82) is 0 Å². The van der Waals surface area contributed by atoms with E-state index in [9.17, 15) is 9.59 Å². The third-order valence-corrected chi connectivity index (χ3v) is 3.94. The van der Waals surface area contributed by atoms with E-state index in [1.807, 2.05) is 40.1 Å². The van der Waals surface area contributed by atoms with Gasteiger partial charge in [-0.15, -0.1) is 0 Å². The highest BCUT2D eigenvalue weighted by atomic mass is 16.5. The van der Waals surface area contributed by atoms with Crippen LogP contribution in [0.25, 0.3) is 0 Å². The lowest BCUT2D eigenvalue weighted by Crippen LogP contribution is -2.50.